The minimum absolute atomic E-state index is 0.0496. The number of rotatable bonds is 11. The molecule has 2 amide bonds. The number of ether oxygens (including phenoxy) is 2. The average molecular weight is 462 g/mol. The molecule has 3 N–H and O–H groups in total. The van der Waals surface area contributed by atoms with E-state index in [0.29, 0.717) is 0 Å². The number of nitrogens with one attached hydrogen (secondary N) is 2. The average Bonchev–Trinajstić information content (AvgIpc) is 3.12. The Bertz CT molecular complexity index is 968. The van der Waals surface area contributed by atoms with E-state index >= 15 is 0 Å². The Morgan fingerprint density at radius 2 is 1.55 bits per heavy atom. The maximum Gasteiger partial charge on any atom is 0.407 e. The first-order valence-electron chi connectivity index (χ1n) is 10.3. The lowest BCUT2D eigenvalue weighted by Crippen LogP contribution is -2.42. The molecule has 0 fully saturated rings. The fourth-order valence-electron chi connectivity index (χ4n) is 3.52. The monoisotopic (exact) mass is 462 g/mol. The number of carbonyl (C=O) groups is 3. The molecule has 0 radical (unpaired) electrons. The third kappa shape index (κ3) is 6.26. The lowest BCUT2D eigenvalue weighted by molar-refractivity contribution is -0.164. The highest BCUT2D eigenvalue weighted by atomic mass is 19.3. The molecule has 1 aliphatic carbocycles. The van der Waals surface area contributed by atoms with Gasteiger partial charge in [-0.1, -0.05) is 48.5 Å². The van der Waals surface area contributed by atoms with E-state index < -0.39 is 30.4 Å². The number of halogens is 2. The molecule has 2 aromatic rings. The number of hydrogen-bond donors (Lipinski definition) is 3. The molecule has 0 atom stereocenters. The van der Waals surface area contributed by atoms with Crippen molar-refractivity contribution in [2.45, 2.75) is 18.3 Å². The highest BCUT2D eigenvalue weighted by molar-refractivity contribution is 5.80. The van der Waals surface area contributed by atoms with Crippen molar-refractivity contribution >= 4 is 18.0 Å². The van der Waals surface area contributed by atoms with E-state index in [2.05, 4.69) is 5.32 Å². The normalized spacial score (nSPS) is 12.5. The molecular weight excluding hydrogens is 438 g/mol. The van der Waals surface area contributed by atoms with Crippen molar-refractivity contribution in [3.8, 4) is 11.1 Å². The Labute approximate surface area is 188 Å². The number of benzene rings is 2. The van der Waals surface area contributed by atoms with Crippen molar-refractivity contribution in [1.29, 1.82) is 0 Å². The molecule has 33 heavy (non-hydrogen) atoms. The van der Waals surface area contributed by atoms with Crippen LogP contribution in [0.5, 0.6) is 0 Å². The topological polar surface area (TPSA) is 114 Å². The molecule has 0 aliphatic heterocycles. The molecule has 0 spiro atoms. The fraction of sp³-hybridized carbons (Fsp3) is 0.348. The molecule has 0 unspecified atom stereocenters. The molecule has 2 aromatic carbocycles. The van der Waals surface area contributed by atoms with E-state index in [-0.39, 0.29) is 38.7 Å². The highest BCUT2D eigenvalue weighted by Gasteiger charge is 2.38. The second-order valence-corrected chi connectivity index (χ2v) is 7.40. The zero-order chi connectivity index (χ0) is 23.8. The van der Waals surface area contributed by atoms with Crippen LogP contribution in [-0.2, 0) is 19.1 Å². The Kier molecular flexibility index (Phi) is 7.94. The van der Waals surface area contributed by atoms with E-state index in [1.165, 1.54) is 0 Å². The van der Waals surface area contributed by atoms with Gasteiger partial charge in [0.2, 0.25) is 5.91 Å². The first kappa shape index (κ1) is 24.1. The van der Waals surface area contributed by atoms with Gasteiger partial charge in [0.15, 0.2) is 0 Å². The van der Waals surface area contributed by atoms with Gasteiger partial charge in [0.25, 0.3) is 0 Å². The van der Waals surface area contributed by atoms with Gasteiger partial charge in [-0.25, -0.2) is 9.59 Å². The van der Waals surface area contributed by atoms with E-state index in [1.807, 2.05) is 53.8 Å². The third-order valence-corrected chi connectivity index (χ3v) is 5.15. The maximum absolute atomic E-state index is 12.9. The zero-order valence-electron chi connectivity index (χ0n) is 17.7. The summed E-state index contributed by atoms with van der Waals surface area (Å²) in [5, 5.41) is 12.7. The van der Waals surface area contributed by atoms with Crippen LogP contribution in [0.25, 0.3) is 11.1 Å². The number of amides is 2. The van der Waals surface area contributed by atoms with Crippen LogP contribution in [0.4, 0.5) is 13.6 Å². The number of alkyl carbamates (subject to hydrolysis) is 1. The number of alkyl halides is 2. The molecular formula is C23H24F2N2O6. The molecule has 8 nitrogen and oxygen atoms in total. The van der Waals surface area contributed by atoms with Gasteiger partial charge in [0.05, 0.1) is 19.8 Å². The van der Waals surface area contributed by atoms with E-state index in [0.717, 1.165) is 22.3 Å². The summed E-state index contributed by atoms with van der Waals surface area (Å²) in [4.78, 5) is 33.7. The van der Waals surface area contributed by atoms with Crippen molar-refractivity contribution < 1.29 is 37.7 Å². The molecule has 1 aliphatic rings. The Balaban J connectivity index is 1.32. The van der Waals surface area contributed by atoms with Gasteiger partial charge in [-0.05, 0) is 22.3 Å². The van der Waals surface area contributed by atoms with Gasteiger partial charge in [-0.3, -0.25) is 4.79 Å². The molecule has 0 aromatic heterocycles. The van der Waals surface area contributed by atoms with Crippen LogP contribution in [-0.4, -0.2) is 61.9 Å². The van der Waals surface area contributed by atoms with Crippen LogP contribution in [0.1, 0.15) is 23.5 Å². The quantitative estimate of drug-likeness (QED) is 0.443. The molecule has 176 valence electrons. The minimum Gasteiger partial charge on any atom is -0.477 e. The molecule has 3 rings (SSSR count). The van der Waals surface area contributed by atoms with Crippen LogP contribution < -0.4 is 10.6 Å². The molecule has 0 saturated heterocycles. The summed E-state index contributed by atoms with van der Waals surface area (Å²) in [5.74, 6) is -7.14. The summed E-state index contributed by atoms with van der Waals surface area (Å²) in [5.41, 5.74) is 4.47. The van der Waals surface area contributed by atoms with E-state index in [4.69, 9.17) is 14.6 Å². The SMILES string of the molecule is O=C(CCOCCNC(=O)OCC1c2ccccc2-c2ccccc21)NCC(F)(F)C(=O)O. The first-order chi connectivity index (χ1) is 15.8. The van der Waals surface area contributed by atoms with Gasteiger partial charge in [0.1, 0.15) is 6.61 Å². The number of fused-ring (bicyclic) bond motifs is 3. The van der Waals surface area contributed by atoms with Crippen molar-refractivity contribution in [2.24, 2.45) is 0 Å². The number of carbonyl (C=O) groups excluding carboxylic acids is 2. The number of hydrogen-bond acceptors (Lipinski definition) is 5. The molecule has 0 heterocycles. The summed E-state index contributed by atoms with van der Waals surface area (Å²) in [7, 11) is 0. The van der Waals surface area contributed by atoms with Gasteiger partial charge < -0.3 is 25.2 Å². The highest BCUT2D eigenvalue weighted by Crippen LogP contribution is 2.44. The fourth-order valence-corrected chi connectivity index (χ4v) is 3.52. The predicted octanol–water partition coefficient (Wildman–Crippen LogP) is 2.77. The zero-order valence-corrected chi connectivity index (χ0v) is 17.7. The van der Waals surface area contributed by atoms with Gasteiger partial charge in [-0.15, -0.1) is 0 Å². The van der Waals surface area contributed by atoms with E-state index in [9.17, 15) is 23.2 Å². The first-order valence-corrected chi connectivity index (χ1v) is 10.3. The third-order valence-electron chi connectivity index (χ3n) is 5.15. The van der Waals surface area contributed by atoms with Crippen LogP contribution in [0.15, 0.2) is 48.5 Å². The molecule has 10 heteroatoms. The standard InChI is InChI=1S/C23H24F2N2O6/c24-23(25,21(29)30)14-27-20(28)9-11-32-12-10-26-22(31)33-13-19-17-7-3-1-5-15(17)16-6-2-4-8-18(16)19/h1-8,19H,9-14H2,(H,26,31)(H,27,28)(H,29,30). The second-order valence-electron chi connectivity index (χ2n) is 7.40. The summed E-state index contributed by atoms with van der Waals surface area (Å²) in [6.07, 6.45) is -0.824. The number of carboxylic acid groups (broad SMARTS) is 1. The number of aliphatic carboxylic acids is 1. The molecule has 0 saturated carbocycles. The van der Waals surface area contributed by atoms with Crippen LogP contribution in [0.2, 0.25) is 0 Å². The van der Waals surface area contributed by atoms with Crippen molar-refractivity contribution in [1.82, 2.24) is 10.6 Å². The van der Waals surface area contributed by atoms with Crippen LogP contribution in [0.3, 0.4) is 0 Å². The minimum atomic E-state index is -4.02. The van der Waals surface area contributed by atoms with Crippen molar-refractivity contribution in [2.75, 3.05) is 32.9 Å². The number of carboxylic acids is 1. The lowest BCUT2D eigenvalue weighted by atomic mass is 9.98. The Hall–Kier alpha value is -3.53. The van der Waals surface area contributed by atoms with Gasteiger partial charge >= 0.3 is 18.0 Å². The molecule has 0 bridgehead atoms. The van der Waals surface area contributed by atoms with Crippen LogP contribution in [0, 0.1) is 0 Å². The largest absolute Gasteiger partial charge is 0.477 e. The smallest absolute Gasteiger partial charge is 0.407 e. The summed E-state index contributed by atoms with van der Waals surface area (Å²) < 4.78 is 36.3. The van der Waals surface area contributed by atoms with Gasteiger partial charge in [-0.2, -0.15) is 8.78 Å². The summed E-state index contributed by atoms with van der Waals surface area (Å²) in [6.45, 7) is -0.957. The second kappa shape index (κ2) is 10.9. The van der Waals surface area contributed by atoms with Gasteiger partial charge in [0, 0.05) is 18.9 Å². The van der Waals surface area contributed by atoms with Crippen LogP contribution >= 0.6 is 0 Å². The van der Waals surface area contributed by atoms with Crippen molar-refractivity contribution in [3.63, 3.8) is 0 Å². The lowest BCUT2D eigenvalue weighted by Gasteiger charge is -2.14. The summed E-state index contributed by atoms with van der Waals surface area (Å²) >= 11 is 0. The van der Waals surface area contributed by atoms with Crippen molar-refractivity contribution in [3.05, 3.63) is 59.7 Å². The van der Waals surface area contributed by atoms with E-state index in [1.54, 1.807) is 0 Å². The predicted molar refractivity (Wildman–Crippen MR) is 114 cm³/mol. The Morgan fingerprint density at radius 1 is 0.939 bits per heavy atom. The maximum atomic E-state index is 12.9. The Morgan fingerprint density at radius 3 is 2.15 bits per heavy atom. The summed E-state index contributed by atoms with van der Waals surface area (Å²) in [6, 6.07) is 16.0.